The monoisotopic (exact) mass is 268 g/mol. The number of rotatable bonds is 8. The molecule has 1 atom stereocenters. The van der Waals surface area contributed by atoms with Gasteiger partial charge in [-0.2, -0.15) is 17.4 Å². The summed E-state index contributed by atoms with van der Waals surface area (Å²) in [4.78, 5) is 10.9. The van der Waals surface area contributed by atoms with E-state index in [0.29, 0.717) is 0 Å². The first kappa shape index (κ1) is 16.3. The average molecular weight is 268 g/mol. The molecule has 1 unspecified atom stereocenters. The molecule has 0 rings (SSSR count). The normalized spacial score (nSPS) is 13.7. The van der Waals surface area contributed by atoms with Crippen LogP contribution in [-0.4, -0.2) is 59.2 Å². The minimum Gasteiger partial charge on any atom is -0.469 e. The van der Waals surface area contributed by atoms with Crippen LogP contribution in [0.2, 0.25) is 0 Å². The number of hydrogen-bond acceptors (Lipinski definition) is 5. The van der Waals surface area contributed by atoms with E-state index in [1.165, 1.54) is 21.3 Å². The summed E-state index contributed by atoms with van der Waals surface area (Å²) in [5.74, 6) is -0.447. The summed E-state index contributed by atoms with van der Waals surface area (Å²) < 4.78 is 36.2. The standard InChI is InChI=1S/C9H20N2O5S/c1-8(7-15-3)10-17(13,14)11(2)6-5-9(12)16-4/h8,10H,5-7H2,1-4H3. The van der Waals surface area contributed by atoms with Crippen LogP contribution < -0.4 is 4.72 Å². The lowest BCUT2D eigenvalue weighted by molar-refractivity contribution is -0.140. The minimum absolute atomic E-state index is 0.0204. The molecule has 0 fully saturated rings. The summed E-state index contributed by atoms with van der Waals surface area (Å²) in [6.07, 6.45) is 0.0204. The molecule has 0 aliphatic rings. The lowest BCUT2D eigenvalue weighted by atomic mass is 10.4. The van der Waals surface area contributed by atoms with Gasteiger partial charge in [-0.25, -0.2) is 0 Å². The van der Waals surface area contributed by atoms with Crippen LogP contribution in [0.25, 0.3) is 0 Å². The summed E-state index contributed by atoms with van der Waals surface area (Å²) in [5, 5.41) is 0. The Balaban J connectivity index is 4.25. The fourth-order valence-corrected chi connectivity index (χ4v) is 2.19. The van der Waals surface area contributed by atoms with E-state index in [9.17, 15) is 13.2 Å². The van der Waals surface area contributed by atoms with Crippen molar-refractivity contribution < 1.29 is 22.7 Å². The molecule has 0 spiro atoms. The van der Waals surface area contributed by atoms with E-state index < -0.39 is 16.2 Å². The van der Waals surface area contributed by atoms with E-state index in [-0.39, 0.29) is 25.6 Å². The van der Waals surface area contributed by atoms with Crippen LogP contribution in [0.1, 0.15) is 13.3 Å². The number of esters is 1. The van der Waals surface area contributed by atoms with Crippen LogP contribution in [0, 0.1) is 0 Å². The van der Waals surface area contributed by atoms with E-state index >= 15 is 0 Å². The van der Waals surface area contributed by atoms with Crippen LogP contribution in [0.15, 0.2) is 0 Å². The van der Waals surface area contributed by atoms with Gasteiger partial charge in [-0.15, -0.1) is 0 Å². The SMILES string of the molecule is COCC(C)NS(=O)(=O)N(C)CCC(=O)OC. The molecule has 102 valence electrons. The van der Waals surface area contributed by atoms with E-state index in [2.05, 4.69) is 9.46 Å². The second kappa shape index (κ2) is 7.59. The van der Waals surface area contributed by atoms with Gasteiger partial charge in [-0.1, -0.05) is 0 Å². The number of carbonyl (C=O) groups excluding carboxylic acids is 1. The summed E-state index contributed by atoms with van der Waals surface area (Å²) >= 11 is 0. The maximum atomic E-state index is 11.7. The van der Waals surface area contributed by atoms with Crippen molar-refractivity contribution in [2.24, 2.45) is 0 Å². The number of methoxy groups -OCH3 is 2. The van der Waals surface area contributed by atoms with Gasteiger partial charge in [0.15, 0.2) is 0 Å². The van der Waals surface area contributed by atoms with Crippen molar-refractivity contribution in [2.75, 3.05) is 34.4 Å². The Bertz CT molecular complexity index is 330. The Kier molecular flexibility index (Phi) is 7.28. The molecule has 0 saturated heterocycles. The number of carbonyl (C=O) groups is 1. The van der Waals surface area contributed by atoms with Gasteiger partial charge in [-0.05, 0) is 6.92 Å². The van der Waals surface area contributed by atoms with Crippen molar-refractivity contribution in [3.8, 4) is 0 Å². The van der Waals surface area contributed by atoms with Crippen LogP contribution in [0.3, 0.4) is 0 Å². The molecule has 0 heterocycles. The van der Waals surface area contributed by atoms with E-state index in [0.717, 1.165) is 4.31 Å². The van der Waals surface area contributed by atoms with Gasteiger partial charge in [-0.3, -0.25) is 4.79 Å². The molecular weight excluding hydrogens is 248 g/mol. The Labute approximate surface area is 102 Å². The molecule has 0 bridgehead atoms. The zero-order valence-electron chi connectivity index (χ0n) is 10.6. The number of nitrogens with zero attached hydrogens (tertiary/aromatic N) is 1. The van der Waals surface area contributed by atoms with Gasteiger partial charge in [0.1, 0.15) is 0 Å². The molecule has 7 nitrogen and oxygen atoms in total. The van der Waals surface area contributed by atoms with Crippen molar-refractivity contribution >= 4 is 16.2 Å². The first-order valence-corrected chi connectivity index (χ1v) is 6.56. The zero-order chi connectivity index (χ0) is 13.5. The highest BCUT2D eigenvalue weighted by molar-refractivity contribution is 7.87. The highest BCUT2D eigenvalue weighted by Gasteiger charge is 2.20. The summed E-state index contributed by atoms with van der Waals surface area (Å²) in [7, 11) is 0.555. The van der Waals surface area contributed by atoms with Gasteiger partial charge in [0.05, 0.1) is 20.1 Å². The molecule has 8 heteroatoms. The molecule has 0 aliphatic heterocycles. The topological polar surface area (TPSA) is 84.9 Å². The lowest BCUT2D eigenvalue weighted by Gasteiger charge is -2.20. The number of ether oxygens (including phenoxy) is 2. The van der Waals surface area contributed by atoms with Crippen LogP contribution >= 0.6 is 0 Å². The van der Waals surface area contributed by atoms with Crippen molar-refractivity contribution in [3.05, 3.63) is 0 Å². The summed E-state index contributed by atoms with van der Waals surface area (Å²) in [5.41, 5.74) is 0. The van der Waals surface area contributed by atoms with Gasteiger partial charge in [0.25, 0.3) is 10.2 Å². The maximum Gasteiger partial charge on any atom is 0.306 e. The third-order valence-corrected chi connectivity index (χ3v) is 3.74. The van der Waals surface area contributed by atoms with Crippen LogP contribution in [0.5, 0.6) is 0 Å². The molecule has 0 aromatic rings. The fourth-order valence-electron chi connectivity index (χ4n) is 1.10. The quantitative estimate of drug-likeness (QED) is 0.591. The highest BCUT2D eigenvalue weighted by Crippen LogP contribution is 1.99. The van der Waals surface area contributed by atoms with Crippen molar-refractivity contribution in [1.82, 2.24) is 9.03 Å². The summed E-state index contributed by atoms with van der Waals surface area (Å²) in [6, 6.07) is -0.328. The highest BCUT2D eigenvalue weighted by atomic mass is 32.2. The van der Waals surface area contributed by atoms with E-state index in [1.807, 2.05) is 0 Å². The lowest BCUT2D eigenvalue weighted by Crippen LogP contribution is -2.44. The average Bonchev–Trinajstić information content (AvgIpc) is 2.24. The van der Waals surface area contributed by atoms with Crippen molar-refractivity contribution in [1.29, 1.82) is 0 Å². The second-order valence-electron chi connectivity index (χ2n) is 3.63. The molecule has 0 radical (unpaired) electrons. The number of nitrogens with one attached hydrogen (secondary N) is 1. The second-order valence-corrected chi connectivity index (χ2v) is 5.44. The third kappa shape index (κ3) is 6.57. The molecular formula is C9H20N2O5S. The Hall–Kier alpha value is -0.700. The molecule has 0 aromatic heterocycles. The largest absolute Gasteiger partial charge is 0.469 e. The number of hydrogen-bond donors (Lipinski definition) is 1. The van der Waals surface area contributed by atoms with Gasteiger partial charge in [0, 0.05) is 26.7 Å². The minimum atomic E-state index is -3.59. The molecule has 1 N–H and O–H groups in total. The van der Waals surface area contributed by atoms with Crippen LogP contribution in [-0.2, 0) is 24.5 Å². The third-order valence-electron chi connectivity index (χ3n) is 2.04. The van der Waals surface area contributed by atoms with E-state index in [4.69, 9.17) is 4.74 Å². The molecule has 17 heavy (non-hydrogen) atoms. The van der Waals surface area contributed by atoms with Crippen LogP contribution in [0.4, 0.5) is 0 Å². The smallest absolute Gasteiger partial charge is 0.306 e. The van der Waals surface area contributed by atoms with Gasteiger partial charge in [0.2, 0.25) is 0 Å². The molecule has 0 amide bonds. The Morgan fingerprint density at radius 1 is 1.41 bits per heavy atom. The predicted octanol–water partition coefficient (Wildman–Crippen LogP) is -0.649. The Morgan fingerprint density at radius 2 is 2.00 bits per heavy atom. The van der Waals surface area contributed by atoms with Gasteiger partial charge >= 0.3 is 5.97 Å². The first-order chi connectivity index (χ1) is 7.83. The first-order valence-electron chi connectivity index (χ1n) is 5.12. The van der Waals surface area contributed by atoms with E-state index in [1.54, 1.807) is 6.92 Å². The fraction of sp³-hybridized carbons (Fsp3) is 0.889. The zero-order valence-corrected chi connectivity index (χ0v) is 11.4. The summed E-state index contributed by atoms with van der Waals surface area (Å²) in [6.45, 7) is 2.04. The Morgan fingerprint density at radius 3 is 2.47 bits per heavy atom. The van der Waals surface area contributed by atoms with Crippen molar-refractivity contribution in [2.45, 2.75) is 19.4 Å². The van der Waals surface area contributed by atoms with Gasteiger partial charge < -0.3 is 9.47 Å². The predicted molar refractivity (Wildman–Crippen MR) is 62.7 cm³/mol. The molecule has 0 saturated carbocycles. The molecule has 0 aromatic carbocycles. The van der Waals surface area contributed by atoms with Crippen molar-refractivity contribution in [3.63, 3.8) is 0 Å². The maximum absolute atomic E-state index is 11.7. The molecule has 0 aliphatic carbocycles.